The number of allylic oxidation sites excluding steroid dienone is 4. The average molecular weight is 662 g/mol. The van der Waals surface area contributed by atoms with Crippen LogP contribution >= 0.6 is 0 Å². The van der Waals surface area contributed by atoms with Crippen molar-refractivity contribution in [3.05, 3.63) is 24.3 Å². The summed E-state index contributed by atoms with van der Waals surface area (Å²) in [4.78, 5) is 34.9. The second-order valence-corrected chi connectivity index (χ2v) is 13.5. The SMILES string of the molecule is CCCCCC/C=C\C/C=C\CCCCCCCC(=O)OC(CCCCCCCCCCC)CCCCCCCC(=O)NCC(=O)O. The number of carbonyl (C=O) groups excluding carboxylic acids is 2. The summed E-state index contributed by atoms with van der Waals surface area (Å²) < 4.78 is 6.00. The van der Waals surface area contributed by atoms with Gasteiger partial charge in [-0.2, -0.15) is 0 Å². The zero-order valence-corrected chi connectivity index (χ0v) is 30.9. The third-order valence-corrected chi connectivity index (χ3v) is 8.88. The van der Waals surface area contributed by atoms with Crippen LogP contribution < -0.4 is 5.32 Å². The first-order chi connectivity index (χ1) is 23.0. The fourth-order valence-electron chi connectivity index (χ4n) is 5.90. The molecule has 6 heteroatoms. The van der Waals surface area contributed by atoms with E-state index < -0.39 is 5.97 Å². The van der Waals surface area contributed by atoms with Crippen molar-refractivity contribution in [2.45, 2.75) is 213 Å². The highest BCUT2D eigenvalue weighted by molar-refractivity contribution is 5.80. The molecule has 0 saturated carbocycles. The Labute approximate surface area is 290 Å². The molecule has 0 fully saturated rings. The highest BCUT2D eigenvalue weighted by Gasteiger charge is 2.14. The minimum atomic E-state index is -1.02. The maximum absolute atomic E-state index is 12.7. The second kappa shape index (κ2) is 36.7. The second-order valence-electron chi connectivity index (χ2n) is 13.5. The molecule has 0 spiro atoms. The number of aliphatic carboxylic acids is 1. The number of nitrogens with one attached hydrogen (secondary N) is 1. The molecule has 1 unspecified atom stereocenters. The van der Waals surface area contributed by atoms with Gasteiger partial charge in [0, 0.05) is 12.8 Å². The van der Waals surface area contributed by atoms with Crippen molar-refractivity contribution < 1.29 is 24.2 Å². The Morgan fingerprint density at radius 1 is 0.553 bits per heavy atom. The van der Waals surface area contributed by atoms with Crippen LogP contribution in [0.2, 0.25) is 0 Å². The van der Waals surface area contributed by atoms with Crippen LogP contribution in [0.15, 0.2) is 24.3 Å². The predicted molar refractivity (Wildman–Crippen MR) is 199 cm³/mol. The lowest BCUT2D eigenvalue weighted by Crippen LogP contribution is -2.28. The lowest BCUT2D eigenvalue weighted by atomic mass is 10.0. The minimum Gasteiger partial charge on any atom is -0.480 e. The molecular weight excluding hydrogens is 586 g/mol. The summed E-state index contributed by atoms with van der Waals surface area (Å²) >= 11 is 0. The highest BCUT2D eigenvalue weighted by atomic mass is 16.5. The molecular formula is C41H75NO5. The van der Waals surface area contributed by atoms with Gasteiger partial charge in [-0.3, -0.25) is 14.4 Å². The molecule has 0 aliphatic heterocycles. The van der Waals surface area contributed by atoms with Crippen LogP contribution in [-0.4, -0.2) is 35.6 Å². The maximum Gasteiger partial charge on any atom is 0.322 e. The van der Waals surface area contributed by atoms with Crippen LogP contribution in [0.1, 0.15) is 206 Å². The quantitative estimate of drug-likeness (QED) is 0.0396. The lowest BCUT2D eigenvalue weighted by Gasteiger charge is -2.18. The summed E-state index contributed by atoms with van der Waals surface area (Å²) in [5.74, 6) is -1.24. The van der Waals surface area contributed by atoms with Gasteiger partial charge in [0.25, 0.3) is 0 Å². The Morgan fingerprint density at radius 2 is 0.979 bits per heavy atom. The Hall–Kier alpha value is -2.11. The molecule has 0 aliphatic rings. The third-order valence-electron chi connectivity index (χ3n) is 8.88. The molecule has 2 N–H and O–H groups in total. The fourth-order valence-corrected chi connectivity index (χ4v) is 5.90. The molecule has 1 atom stereocenters. The Kier molecular flexibility index (Phi) is 35.1. The standard InChI is InChI=1S/C41H75NO5/c1-3-5-7-9-11-13-14-15-16-17-18-19-21-23-28-32-36-41(46)47-38(33-29-25-22-20-12-10-8-6-4-2)34-30-26-24-27-31-35-39(43)42-37-40(44)45/h13-14,16-17,38H,3-12,15,18-37H2,1-2H3,(H,42,43)(H,44,45)/b14-13-,17-16-. The van der Waals surface area contributed by atoms with Crippen LogP contribution in [0, 0.1) is 0 Å². The molecule has 0 aromatic rings. The summed E-state index contributed by atoms with van der Waals surface area (Å²) in [5, 5.41) is 11.1. The van der Waals surface area contributed by atoms with Gasteiger partial charge in [-0.05, 0) is 70.6 Å². The van der Waals surface area contributed by atoms with Gasteiger partial charge in [0.1, 0.15) is 12.6 Å². The van der Waals surface area contributed by atoms with Gasteiger partial charge < -0.3 is 15.2 Å². The van der Waals surface area contributed by atoms with Crippen LogP contribution in [0.25, 0.3) is 0 Å². The van der Waals surface area contributed by atoms with E-state index in [4.69, 9.17) is 9.84 Å². The van der Waals surface area contributed by atoms with E-state index in [0.717, 1.165) is 77.0 Å². The Bertz CT molecular complexity index is 778. The first-order valence-corrected chi connectivity index (χ1v) is 20.0. The predicted octanol–water partition coefficient (Wildman–Crippen LogP) is 12.0. The summed E-state index contributed by atoms with van der Waals surface area (Å²) in [6, 6.07) is 0. The van der Waals surface area contributed by atoms with E-state index in [1.807, 2.05) is 0 Å². The van der Waals surface area contributed by atoms with Gasteiger partial charge in [-0.25, -0.2) is 0 Å². The minimum absolute atomic E-state index is 0.0246. The molecule has 0 aromatic heterocycles. The summed E-state index contributed by atoms with van der Waals surface area (Å²) in [5.41, 5.74) is 0. The van der Waals surface area contributed by atoms with Crippen molar-refractivity contribution in [2.24, 2.45) is 0 Å². The van der Waals surface area contributed by atoms with Gasteiger partial charge >= 0.3 is 11.9 Å². The van der Waals surface area contributed by atoms with E-state index in [1.54, 1.807) is 0 Å². The smallest absolute Gasteiger partial charge is 0.322 e. The van der Waals surface area contributed by atoms with Crippen LogP contribution in [0.5, 0.6) is 0 Å². The van der Waals surface area contributed by atoms with Crippen molar-refractivity contribution in [3.63, 3.8) is 0 Å². The van der Waals surface area contributed by atoms with Crippen LogP contribution in [0.4, 0.5) is 0 Å². The molecule has 1 amide bonds. The van der Waals surface area contributed by atoms with E-state index in [9.17, 15) is 14.4 Å². The first-order valence-electron chi connectivity index (χ1n) is 20.0. The van der Waals surface area contributed by atoms with Crippen molar-refractivity contribution in [1.29, 1.82) is 0 Å². The molecule has 0 aromatic carbocycles. The molecule has 0 bridgehead atoms. The van der Waals surface area contributed by atoms with E-state index >= 15 is 0 Å². The number of rotatable bonds is 36. The van der Waals surface area contributed by atoms with Crippen LogP contribution in [0.3, 0.4) is 0 Å². The number of carboxylic acid groups (broad SMARTS) is 1. The zero-order valence-electron chi connectivity index (χ0n) is 30.9. The number of amides is 1. The molecule has 0 rings (SSSR count). The highest BCUT2D eigenvalue weighted by Crippen LogP contribution is 2.19. The Morgan fingerprint density at radius 3 is 1.49 bits per heavy atom. The van der Waals surface area contributed by atoms with E-state index in [0.29, 0.717) is 12.8 Å². The van der Waals surface area contributed by atoms with E-state index in [1.165, 1.54) is 103 Å². The number of carboxylic acids is 1. The topological polar surface area (TPSA) is 92.7 Å². The number of hydrogen-bond donors (Lipinski definition) is 2. The van der Waals surface area contributed by atoms with Crippen LogP contribution in [-0.2, 0) is 19.1 Å². The molecule has 47 heavy (non-hydrogen) atoms. The normalized spacial score (nSPS) is 12.2. The molecule has 0 saturated heterocycles. The molecule has 0 radical (unpaired) electrons. The van der Waals surface area contributed by atoms with Gasteiger partial charge in [-0.15, -0.1) is 0 Å². The number of ether oxygens (including phenoxy) is 1. The van der Waals surface area contributed by atoms with Gasteiger partial charge in [-0.1, -0.05) is 147 Å². The van der Waals surface area contributed by atoms with Crippen molar-refractivity contribution in [1.82, 2.24) is 5.32 Å². The summed E-state index contributed by atoms with van der Waals surface area (Å²) in [6.45, 7) is 4.20. The van der Waals surface area contributed by atoms with Crippen molar-refractivity contribution >= 4 is 17.8 Å². The number of carbonyl (C=O) groups is 3. The first kappa shape index (κ1) is 44.9. The third kappa shape index (κ3) is 36.6. The average Bonchev–Trinajstić information content (AvgIpc) is 3.05. The maximum atomic E-state index is 12.7. The number of esters is 1. The van der Waals surface area contributed by atoms with Gasteiger partial charge in [0.15, 0.2) is 0 Å². The van der Waals surface area contributed by atoms with Gasteiger partial charge in [0.2, 0.25) is 5.91 Å². The monoisotopic (exact) mass is 662 g/mol. The molecule has 274 valence electrons. The summed E-state index contributed by atoms with van der Waals surface area (Å²) in [7, 11) is 0. The van der Waals surface area contributed by atoms with Crippen molar-refractivity contribution in [2.75, 3.05) is 6.54 Å². The number of unbranched alkanes of at least 4 members (excludes halogenated alkanes) is 21. The molecule has 6 nitrogen and oxygen atoms in total. The molecule has 0 aliphatic carbocycles. The largest absolute Gasteiger partial charge is 0.480 e. The fraction of sp³-hybridized carbons (Fsp3) is 0.829. The van der Waals surface area contributed by atoms with E-state index in [2.05, 4.69) is 43.5 Å². The van der Waals surface area contributed by atoms with Crippen molar-refractivity contribution in [3.8, 4) is 0 Å². The number of hydrogen-bond acceptors (Lipinski definition) is 4. The molecule has 0 heterocycles. The zero-order chi connectivity index (χ0) is 34.5. The Balaban J connectivity index is 4.13. The van der Waals surface area contributed by atoms with Gasteiger partial charge in [0.05, 0.1) is 0 Å². The summed E-state index contributed by atoms with van der Waals surface area (Å²) in [6.07, 6.45) is 42.9. The lowest BCUT2D eigenvalue weighted by molar-refractivity contribution is -0.150. The van der Waals surface area contributed by atoms with E-state index in [-0.39, 0.29) is 24.5 Å².